The van der Waals surface area contributed by atoms with E-state index in [4.69, 9.17) is 4.74 Å². The second kappa shape index (κ2) is 9.29. The van der Waals surface area contributed by atoms with Crippen LogP contribution in [0.4, 0.5) is 36.3 Å². The Kier molecular flexibility index (Phi) is 6.54. The molecule has 160 valence electrons. The molecular formula is C22H19F3N4O2. The predicted octanol–water partition coefficient (Wildman–Crippen LogP) is 5.29. The Bertz CT molecular complexity index is 1080. The number of anilines is 4. The van der Waals surface area contributed by atoms with Gasteiger partial charge in [-0.1, -0.05) is 24.8 Å². The van der Waals surface area contributed by atoms with Crippen LogP contribution < -0.4 is 15.4 Å². The first kappa shape index (κ1) is 21.8. The second-order valence-electron chi connectivity index (χ2n) is 6.48. The Labute approximate surface area is 176 Å². The number of ether oxygens (including phenoxy) is 1. The van der Waals surface area contributed by atoms with Crippen LogP contribution in [-0.2, 0) is 17.4 Å². The molecule has 0 radical (unpaired) electrons. The molecule has 0 fully saturated rings. The van der Waals surface area contributed by atoms with Crippen molar-refractivity contribution in [1.82, 2.24) is 9.97 Å². The number of hydrogen-bond acceptors (Lipinski definition) is 6. The van der Waals surface area contributed by atoms with E-state index in [-0.39, 0.29) is 18.2 Å². The maximum atomic E-state index is 13.5. The normalized spacial score (nSPS) is 11.0. The lowest BCUT2D eigenvalue weighted by molar-refractivity contribution is -0.137. The van der Waals surface area contributed by atoms with Gasteiger partial charge in [0.2, 0.25) is 5.95 Å². The number of alkyl halides is 3. The van der Waals surface area contributed by atoms with Crippen LogP contribution in [0.2, 0.25) is 0 Å². The molecule has 0 spiro atoms. The third kappa shape index (κ3) is 5.81. The van der Waals surface area contributed by atoms with Gasteiger partial charge in [0.15, 0.2) is 5.78 Å². The van der Waals surface area contributed by atoms with Crippen molar-refractivity contribution in [2.24, 2.45) is 0 Å². The summed E-state index contributed by atoms with van der Waals surface area (Å²) < 4.78 is 45.5. The summed E-state index contributed by atoms with van der Waals surface area (Å²) in [4.78, 5) is 19.2. The molecule has 0 aliphatic rings. The molecule has 6 nitrogen and oxygen atoms in total. The van der Waals surface area contributed by atoms with Gasteiger partial charge in [-0.25, -0.2) is 4.98 Å². The number of methoxy groups -OCH3 is 1. The number of carbonyl (C=O) groups excluding carboxylic acids is 1. The largest absolute Gasteiger partial charge is 0.497 e. The van der Waals surface area contributed by atoms with Crippen molar-refractivity contribution in [3.05, 3.63) is 78.5 Å². The molecule has 0 unspecified atom stereocenters. The van der Waals surface area contributed by atoms with Gasteiger partial charge in [-0.05, 0) is 35.9 Å². The zero-order valence-electron chi connectivity index (χ0n) is 16.5. The fraction of sp³-hybridized carbons (Fsp3) is 0.136. The highest BCUT2D eigenvalue weighted by molar-refractivity contribution is 5.90. The van der Waals surface area contributed by atoms with Crippen LogP contribution in [0, 0.1) is 0 Å². The lowest BCUT2D eigenvalue weighted by Gasteiger charge is -2.15. The van der Waals surface area contributed by atoms with Crippen molar-refractivity contribution in [1.29, 1.82) is 0 Å². The van der Waals surface area contributed by atoms with Crippen molar-refractivity contribution in [3.63, 3.8) is 0 Å². The van der Waals surface area contributed by atoms with Crippen LogP contribution in [0.15, 0.2) is 67.4 Å². The van der Waals surface area contributed by atoms with Gasteiger partial charge in [-0.15, -0.1) is 0 Å². The molecule has 9 heteroatoms. The van der Waals surface area contributed by atoms with Crippen molar-refractivity contribution >= 4 is 28.9 Å². The Balaban J connectivity index is 1.87. The van der Waals surface area contributed by atoms with Crippen molar-refractivity contribution < 1.29 is 22.7 Å². The first-order chi connectivity index (χ1) is 14.8. The van der Waals surface area contributed by atoms with E-state index >= 15 is 0 Å². The van der Waals surface area contributed by atoms with Crippen LogP contribution in [-0.4, -0.2) is 22.9 Å². The average Bonchev–Trinajstić information content (AvgIpc) is 2.74. The number of rotatable bonds is 8. The summed E-state index contributed by atoms with van der Waals surface area (Å²) >= 11 is 0. The molecule has 1 heterocycles. The topological polar surface area (TPSA) is 76.1 Å². The van der Waals surface area contributed by atoms with Crippen molar-refractivity contribution in [3.8, 4) is 5.75 Å². The lowest BCUT2D eigenvalue weighted by Crippen LogP contribution is -2.12. The zero-order chi connectivity index (χ0) is 22.4. The molecule has 31 heavy (non-hydrogen) atoms. The molecule has 2 N–H and O–H groups in total. The molecule has 3 rings (SSSR count). The van der Waals surface area contributed by atoms with Gasteiger partial charge in [0.25, 0.3) is 0 Å². The van der Waals surface area contributed by atoms with Gasteiger partial charge in [-0.2, -0.15) is 18.2 Å². The summed E-state index contributed by atoms with van der Waals surface area (Å²) in [5.41, 5.74) is 0.650. The monoisotopic (exact) mass is 428 g/mol. The third-order valence-corrected chi connectivity index (χ3v) is 4.24. The molecule has 0 saturated heterocycles. The fourth-order valence-electron chi connectivity index (χ4n) is 2.69. The number of halogens is 3. The van der Waals surface area contributed by atoms with Crippen molar-refractivity contribution in [2.75, 3.05) is 17.7 Å². The minimum Gasteiger partial charge on any atom is -0.497 e. The minimum atomic E-state index is -4.65. The van der Waals surface area contributed by atoms with E-state index in [1.807, 2.05) is 0 Å². The number of carbonyl (C=O) groups is 1. The maximum absolute atomic E-state index is 13.5. The highest BCUT2D eigenvalue weighted by atomic mass is 19.4. The maximum Gasteiger partial charge on any atom is 0.421 e. The Morgan fingerprint density at radius 3 is 2.52 bits per heavy atom. The van der Waals surface area contributed by atoms with Crippen LogP contribution in [0.5, 0.6) is 5.75 Å². The summed E-state index contributed by atoms with van der Waals surface area (Å²) in [6.07, 6.45) is -2.54. The molecule has 0 aliphatic heterocycles. The number of ketones is 1. The molecule has 2 aromatic carbocycles. The van der Waals surface area contributed by atoms with Crippen LogP contribution in [0.1, 0.15) is 11.1 Å². The van der Waals surface area contributed by atoms with E-state index < -0.39 is 17.6 Å². The number of aromatic nitrogens is 2. The third-order valence-electron chi connectivity index (χ3n) is 4.24. The standard InChI is InChI=1S/C22H19F3N4O2/c1-3-17(30)11-14-7-9-15(10-8-14)27-20-19(22(23,24)25)13-26-21(29-20)28-16-5-4-6-18(12-16)31-2/h3-10,12-13H,1,11H2,2H3,(H2,26,27,28,29). The lowest BCUT2D eigenvalue weighted by atomic mass is 10.1. The van der Waals surface area contributed by atoms with E-state index in [9.17, 15) is 18.0 Å². The number of nitrogens with one attached hydrogen (secondary N) is 2. The molecular weight excluding hydrogens is 409 g/mol. The van der Waals surface area contributed by atoms with Gasteiger partial charge in [-0.3, -0.25) is 4.79 Å². The number of hydrogen-bond donors (Lipinski definition) is 2. The Morgan fingerprint density at radius 2 is 1.87 bits per heavy atom. The fourth-order valence-corrected chi connectivity index (χ4v) is 2.69. The van der Waals surface area contributed by atoms with Gasteiger partial charge in [0.1, 0.15) is 17.1 Å². The summed E-state index contributed by atoms with van der Waals surface area (Å²) in [7, 11) is 1.51. The molecule has 3 aromatic rings. The quantitative estimate of drug-likeness (QED) is 0.475. The Hall–Kier alpha value is -3.88. The van der Waals surface area contributed by atoms with Gasteiger partial charge in [0.05, 0.1) is 7.11 Å². The smallest absolute Gasteiger partial charge is 0.421 e. The predicted molar refractivity (Wildman–Crippen MR) is 112 cm³/mol. The van der Waals surface area contributed by atoms with E-state index in [1.54, 1.807) is 48.5 Å². The molecule has 1 aromatic heterocycles. The number of nitrogens with zero attached hydrogens (tertiary/aromatic N) is 2. The zero-order valence-corrected chi connectivity index (χ0v) is 16.5. The average molecular weight is 428 g/mol. The highest BCUT2D eigenvalue weighted by Gasteiger charge is 2.35. The minimum absolute atomic E-state index is 0.0167. The molecule has 0 bridgehead atoms. The van der Waals surface area contributed by atoms with Gasteiger partial charge in [0, 0.05) is 30.1 Å². The van der Waals surface area contributed by atoms with E-state index in [1.165, 1.54) is 13.2 Å². The molecule has 0 atom stereocenters. The first-order valence-electron chi connectivity index (χ1n) is 9.15. The van der Waals surface area contributed by atoms with E-state index in [0.29, 0.717) is 17.1 Å². The summed E-state index contributed by atoms with van der Waals surface area (Å²) in [6.45, 7) is 3.42. The molecule has 0 aliphatic carbocycles. The summed E-state index contributed by atoms with van der Waals surface area (Å²) in [6, 6.07) is 13.3. The van der Waals surface area contributed by atoms with Crippen LogP contribution >= 0.6 is 0 Å². The molecule has 0 amide bonds. The van der Waals surface area contributed by atoms with Gasteiger partial charge < -0.3 is 15.4 Å². The van der Waals surface area contributed by atoms with E-state index in [0.717, 1.165) is 11.8 Å². The summed E-state index contributed by atoms with van der Waals surface area (Å²) in [5, 5.41) is 5.55. The van der Waals surface area contributed by atoms with Gasteiger partial charge >= 0.3 is 6.18 Å². The second-order valence-corrected chi connectivity index (χ2v) is 6.48. The van der Waals surface area contributed by atoms with E-state index in [2.05, 4.69) is 27.2 Å². The van der Waals surface area contributed by atoms with Crippen LogP contribution in [0.25, 0.3) is 0 Å². The number of benzene rings is 2. The Morgan fingerprint density at radius 1 is 1.13 bits per heavy atom. The summed E-state index contributed by atoms with van der Waals surface area (Å²) in [5.74, 6) is 0.00850. The highest BCUT2D eigenvalue weighted by Crippen LogP contribution is 2.35. The SMILES string of the molecule is C=CC(=O)Cc1ccc(Nc2nc(Nc3cccc(OC)c3)ncc2C(F)(F)F)cc1. The van der Waals surface area contributed by atoms with Crippen molar-refractivity contribution in [2.45, 2.75) is 12.6 Å². The first-order valence-corrected chi connectivity index (χ1v) is 9.15. The number of allylic oxidation sites excluding steroid dienone is 1. The van der Waals surface area contributed by atoms with Crippen LogP contribution in [0.3, 0.4) is 0 Å². The molecule has 0 saturated carbocycles.